The minimum absolute atomic E-state index is 0.120. The predicted molar refractivity (Wildman–Crippen MR) is 130 cm³/mol. The van der Waals surface area contributed by atoms with Gasteiger partial charge in [-0.05, 0) is 49.1 Å². The molecule has 3 heterocycles. The van der Waals surface area contributed by atoms with Crippen molar-refractivity contribution in [2.24, 2.45) is 11.8 Å². The van der Waals surface area contributed by atoms with E-state index in [0.717, 1.165) is 22.4 Å². The second-order valence-electron chi connectivity index (χ2n) is 8.92. The molecule has 34 heavy (non-hydrogen) atoms. The summed E-state index contributed by atoms with van der Waals surface area (Å²) in [7, 11) is 0. The largest absolute Gasteiger partial charge is 0.324 e. The third-order valence-electron chi connectivity index (χ3n) is 6.74. The fraction of sp³-hybridized carbons (Fsp3) is 0.231. The van der Waals surface area contributed by atoms with Gasteiger partial charge in [0.15, 0.2) is 0 Å². The first-order valence-electron chi connectivity index (χ1n) is 11.3. The molecule has 2 aliphatic heterocycles. The van der Waals surface area contributed by atoms with Gasteiger partial charge in [0.05, 0.1) is 11.8 Å². The molecule has 3 aliphatic rings. The number of halogens is 1. The van der Waals surface area contributed by atoms with Crippen LogP contribution in [0.3, 0.4) is 0 Å². The SMILES string of the molecule is Cc1ccc([C@H]2C=C(c3ccc(Cl)cc3)Nc3nc(N4C(=O)[C@H]5CC=CC[C@H]5C4=O)nn32)cc1. The zero-order valence-electron chi connectivity index (χ0n) is 18.5. The monoisotopic (exact) mass is 471 g/mol. The standard InChI is InChI=1S/C26H22ClN5O2/c1-15-6-8-17(9-7-15)22-14-21(16-10-12-18(27)13-11-16)28-25-29-26(30-32(22)25)31-23(33)19-4-2-3-5-20(19)24(31)34/h2-3,6-14,19-20,22H,4-5H2,1H3,(H,28,29,30)/t19-,20+,22-/m1/s1. The van der Waals surface area contributed by atoms with Crippen molar-refractivity contribution in [3.05, 3.63) is 88.5 Å². The van der Waals surface area contributed by atoms with Crippen molar-refractivity contribution in [1.82, 2.24) is 14.8 Å². The van der Waals surface area contributed by atoms with Crippen molar-refractivity contribution in [3.8, 4) is 0 Å². The first-order valence-corrected chi connectivity index (χ1v) is 11.7. The average molecular weight is 472 g/mol. The molecular weight excluding hydrogens is 450 g/mol. The number of nitrogens with one attached hydrogen (secondary N) is 1. The third kappa shape index (κ3) is 3.35. The van der Waals surface area contributed by atoms with Gasteiger partial charge in [0.1, 0.15) is 6.04 Å². The highest BCUT2D eigenvalue weighted by Crippen LogP contribution is 2.39. The van der Waals surface area contributed by atoms with Crippen LogP contribution in [0.2, 0.25) is 5.02 Å². The topological polar surface area (TPSA) is 80.1 Å². The number of aromatic nitrogens is 3. The molecule has 6 rings (SSSR count). The number of amides is 2. The maximum absolute atomic E-state index is 13.1. The van der Waals surface area contributed by atoms with Crippen LogP contribution < -0.4 is 10.2 Å². The number of hydrogen-bond acceptors (Lipinski definition) is 5. The molecule has 170 valence electrons. The van der Waals surface area contributed by atoms with E-state index in [1.54, 1.807) is 4.68 Å². The fourth-order valence-electron chi connectivity index (χ4n) is 4.87. The summed E-state index contributed by atoms with van der Waals surface area (Å²) in [5.41, 5.74) is 3.98. The Morgan fingerprint density at radius 1 is 0.941 bits per heavy atom. The Morgan fingerprint density at radius 2 is 1.59 bits per heavy atom. The second-order valence-corrected chi connectivity index (χ2v) is 9.35. The smallest absolute Gasteiger partial charge is 0.260 e. The number of allylic oxidation sites excluding steroid dienone is 3. The molecule has 1 aliphatic carbocycles. The second kappa shape index (κ2) is 7.95. The summed E-state index contributed by atoms with van der Waals surface area (Å²) in [6.07, 6.45) is 7.16. The molecule has 0 radical (unpaired) electrons. The van der Waals surface area contributed by atoms with Gasteiger partial charge >= 0.3 is 0 Å². The van der Waals surface area contributed by atoms with E-state index in [1.165, 1.54) is 4.90 Å². The Labute approximate surface area is 201 Å². The molecular formula is C26H22ClN5O2. The van der Waals surface area contributed by atoms with E-state index >= 15 is 0 Å². The molecule has 2 amide bonds. The molecule has 3 aromatic rings. The van der Waals surface area contributed by atoms with Gasteiger partial charge in [-0.3, -0.25) is 9.59 Å². The van der Waals surface area contributed by atoms with Crippen LogP contribution in [0.15, 0.2) is 66.8 Å². The van der Waals surface area contributed by atoms with Crippen molar-refractivity contribution >= 4 is 41.0 Å². The quantitative estimate of drug-likeness (QED) is 0.440. The lowest BCUT2D eigenvalue weighted by Crippen LogP contribution is -2.32. The third-order valence-corrected chi connectivity index (χ3v) is 6.99. The first kappa shape index (κ1) is 20.9. The van der Waals surface area contributed by atoms with Crippen LogP contribution in [-0.4, -0.2) is 26.6 Å². The molecule has 1 fully saturated rings. The zero-order valence-corrected chi connectivity index (χ0v) is 19.2. The lowest BCUT2D eigenvalue weighted by molar-refractivity contribution is -0.122. The Balaban J connectivity index is 1.42. The molecule has 1 saturated heterocycles. The van der Waals surface area contributed by atoms with E-state index in [1.807, 2.05) is 43.3 Å². The minimum Gasteiger partial charge on any atom is -0.324 e. The van der Waals surface area contributed by atoms with Crippen molar-refractivity contribution in [2.75, 3.05) is 10.2 Å². The van der Waals surface area contributed by atoms with Crippen LogP contribution in [0.4, 0.5) is 11.9 Å². The molecule has 0 bridgehead atoms. The Bertz CT molecular complexity index is 1330. The van der Waals surface area contributed by atoms with E-state index in [2.05, 4.69) is 45.7 Å². The van der Waals surface area contributed by atoms with Crippen LogP contribution in [0.1, 0.15) is 35.6 Å². The van der Waals surface area contributed by atoms with Crippen molar-refractivity contribution in [1.29, 1.82) is 0 Å². The highest BCUT2D eigenvalue weighted by molar-refractivity contribution is 6.30. The number of carbonyl (C=O) groups is 2. The Kier molecular flexibility index (Phi) is 4.88. The normalized spacial score (nSPS) is 23.4. The number of fused-ring (bicyclic) bond motifs is 2. The number of imide groups is 1. The summed E-state index contributed by atoms with van der Waals surface area (Å²) in [4.78, 5) is 32.0. The Hall–Kier alpha value is -3.71. The summed E-state index contributed by atoms with van der Waals surface area (Å²) >= 11 is 6.09. The van der Waals surface area contributed by atoms with Crippen LogP contribution >= 0.6 is 11.6 Å². The summed E-state index contributed by atoms with van der Waals surface area (Å²) in [6, 6.07) is 15.5. The molecule has 3 atom stereocenters. The number of rotatable bonds is 3. The summed E-state index contributed by atoms with van der Waals surface area (Å²) in [5, 5.41) is 8.64. The maximum Gasteiger partial charge on any atom is 0.260 e. The molecule has 0 saturated carbocycles. The first-order chi connectivity index (χ1) is 16.5. The summed E-state index contributed by atoms with van der Waals surface area (Å²) < 4.78 is 1.74. The molecule has 0 spiro atoms. The number of anilines is 2. The van der Waals surface area contributed by atoms with Gasteiger partial charge < -0.3 is 5.32 Å². The minimum atomic E-state index is -0.332. The molecule has 2 aromatic carbocycles. The summed E-state index contributed by atoms with van der Waals surface area (Å²) in [6.45, 7) is 2.04. The number of benzene rings is 2. The van der Waals surface area contributed by atoms with Crippen molar-refractivity contribution in [3.63, 3.8) is 0 Å². The van der Waals surface area contributed by atoms with Gasteiger partial charge in [-0.1, -0.05) is 65.7 Å². The Morgan fingerprint density at radius 3 is 2.24 bits per heavy atom. The van der Waals surface area contributed by atoms with E-state index in [0.29, 0.717) is 23.8 Å². The van der Waals surface area contributed by atoms with Gasteiger partial charge in [0.25, 0.3) is 5.95 Å². The molecule has 1 aromatic heterocycles. The van der Waals surface area contributed by atoms with Crippen LogP contribution in [-0.2, 0) is 9.59 Å². The van der Waals surface area contributed by atoms with E-state index in [-0.39, 0.29) is 35.6 Å². The van der Waals surface area contributed by atoms with E-state index in [4.69, 9.17) is 11.6 Å². The van der Waals surface area contributed by atoms with Gasteiger partial charge in [-0.15, -0.1) is 5.10 Å². The van der Waals surface area contributed by atoms with E-state index < -0.39 is 0 Å². The van der Waals surface area contributed by atoms with Gasteiger partial charge in [0, 0.05) is 10.7 Å². The number of aryl methyl sites for hydroxylation is 1. The fourth-order valence-corrected chi connectivity index (χ4v) is 5.00. The average Bonchev–Trinajstić information content (AvgIpc) is 3.38. The van der Waals surface area contributed by atoms with Gasteiger partial charge in [0.2, 0.25) is 17.8 Å². The predicted octanol–water partition coefficient (Wildman–Crippen LogP) is 4.75. The number of hydrogen-bond donors (Lipinski definition) is 1. The summed E-state index contributed by atoms with van der Waals surface area (Å²) in [5.74, 6) is -0.514. The zero-order chi connectivity index (χ0) is 23.4. The van der Waals surface area contributed by atoms with Gasteiger partial charge in [-0.2, -0.15) is 4.98 Å². The lowest BCUT2D eigenvalue weighted by atomic mass is 9.85. The van der Waals surface area contributed by atoms with Crippen molar-refractivity contribution < 1.29 is 9.59 Å². The molecule has 8 heteroatoms. The molecule has 1 N–H and O–H groups in total. The number of nitrogens with zero attached hydrogens (tertiary/aromatic N) is 4. The van der Waals surface area contributed by atoms with Crippen LogP contribution in [0.5, 0.6) is 0 Å². The highest BCUT2D eigenvalue weighted by atomic mass is 35.5. The molecule has 7 nitrogen and oxygen atoms in total. The number of carbonyl (C=O) groups excluding carboxylic acids is 2. The molecule has 0 unspecified atom stereocenters. The van der Waals surface area contributed by atoms with Crippen molar-refractivity contribution in [2.45, 2.75) is 25.8 Å². The van der Waals surface area contributed by atoms with Crippen LogP contribution in [0.25, 0.3) is 5.70 Å². The van der Waals surface area contributed by atoms with E-state index in [9.17, 15) is 9.59 Å². The maximum atomic E-state index is 13.1. The highest BCUT2D eigenvalue weighted by Gasteiger charge is 2.49. The lowest BCUT2D eigenvalue weighted by Gasteiger charge is -2.24. The van der Waals surface area contributed by atoms with Gasteiger partial charge in [-0.25, -0.2) is 9.58 Å². The van der Waals surface area contributed by atoms with Crippen LogP contribution in [0, 0.1) is 18.8 Å².